The lowest BCUT2D eigenvalue weighted by Gasteiger charge is -2.18. The molecular weight excluding hydrogens is 316 g/mol. The second-order valence-corrected chi connectivity index (χ2v) is 6.13. The van der Waals surface area contributed by atoms with Crippen molar-refractivity contribution in [2.24, 2.45) is 5.73 Å². The van der Waals surface area contributed by atoms with Crippen LogP contribution in [0.25, 0.3) is 16.6 Å². The molecule has 130 valence electrons. The maximum Gasteiger partial charge on any atom is 0.290 e. The Morgan fingerprint density at radius 3 is 2.56 bits per heavy atom. The minimum Gasteiger partial charge on any atom is -0.483 e. The van der Waals surface area contributed by atoms with Gasteiger partial charge in [-0.05, 0) is 43.7 Å². The highest BCUT2D eigenvalue weighted by Gasteiger charge is 2.20. The van der Waals surface area contributed by atoms with E-state index < -0.39 is 0 Å². The smallest absolute Gasteiger partial charge is 0.290 e. The summed E-state index contributed by atoms with van der Waals surface area (Å²) in [6, 6.07) is 17.2. The van der Waals surface area contributed by atoms with Crippen LogP contribution >= 0.6 is 0 Å². The van der Waals surface area contributed by atoms with Gasteiger partial charge < -0.3 is 15.7 Å². The van der Waals surface area contributed by atoms with E-state index in [1.807, 2.05) is 22.9 Å². The first kappa shape index (κ1) is 17.0. The van der Waals surface area contributed by atoms with Crippen LogP contribution in [0.3, 0.4) is 0 Å². The van der Waals surface area contributed by atoms with E-state index in [-0.39, 0.29) is 12.5 Å². The maximum atomic E-state index is 8.36. The van der Waals surface area contributed by atoms with Crippen molar-refractivity contribution in [1.82, 2.24) is 9.78 Å². The first-order valence-electron chi connectivity index (χ1n) is 8.27. The molecule has 0 spiro atoms. The van der Waals surface area contributed by atoms with Gasteiger partial charge in [0.1, 0.15) is 0 Å². The highest BCUT2D eigenvalue weighted by Crippen LogP contribution is 2.28. The van der Waals surface area contributed by atoms with Crippen molar-refractivity contribution >= 4 is 23.1 Å². The number of hydrogen-bond acceptors (Lipinski definition) is 4. The third-order valence-electron chi connectivity index (χ3n) is 4.44. The summed E-state index contributed by atoms with van der Waals surface area (Å²) in [5.74, 6) is 0. The number of aromatic nitrogens is 2. The summed E-state index contributed by atoms with van der Waals surface area (Å²) < 4.78 is 2.03. The summed E-state index contributed by atoms with van der Waals surface area (Å²) in [6.07, 6.45) is 1.06. The molecule has 1 atom stereocenters. The fraction of sp³-hybridized carbons (Fsp3) is 0.263. The molecule has 1 aromatic heterocycles. The number of anilines is 1. The SMILES string of the molecule is Cc1nn(-c2ccccc2)c2cc(N3CCC(N)C3)ccc12.O=CO. The van der Waals surface area contributed by atoms with Gasteiger partial charge in [-0.2, -0.15) is 5.10 Å². The standard InChI is InChI=1S/C18H20N4.CH2O2/c1-13-17-8-7-16(21-10-9-14(19)12-21)11-18(17)22(20-13)15-5-3-2-4-6-15;2-1-3/h2-8,11,14H,9-10,12,19H2,1H3;1H,(H,2,3). The molecule has 1 aliphatic heterocycles. The molecule has 0 radical (unpaired) electrons. The molecule has 0 saturated carbocycles. The van der Waals surface area contributed by atoms with E-state index in [9.17, 15) is 0 Å². The summed E-state index contributed by atoms with van der Waals surface area (Å²) in [7, 11) is 0. The summed E-state index contributed by atoms with van der Waals surface area (Å²) in [5, 5.41) is 12.8. The van der Waals surface area contributed by atoms with Gasteiger partial charge in [0.05, 0.1) is 16.9 Å². The second-order valence-electron chi connectivity index (χ2n) is 6.13. The Labute approximate surface area is 146 Å². The Bertz CT molecular complexity index is 860. The van der Waals surface area contributed by atoms with Crippen LogP contribution in [0.15, 0.2) is 48.5 Å². The number of carboxylic acid groups (broad SMARTS) is 1. The second kappa shape index (κ2) is 7.36. The van der Waals surface area contributed by atoms with Crippen LogP contribution in [0.5, 0.6) is 0 Å². The number of rotatable bonds is 2. The van der Waals surface area contributed by atoms with Crippen LogP contribution < -0.4 is 10.6 Å². The highest BCUT2D eigenvalue weighted by atomic mass is 16.3. The van der Waals surface area contributed by atoms with Crippen molar-refractivity contribution in [3.63, 3.8) is 0 Å². The Morgan fingerprint density at radius 2 is 1.92 bits per heavy atom. The molecule has 6 nitrogen and oxygen atoms in total. The topological polar surface area (TPSA) is 84.4 Å². The van der Waals surface area contributed by atoms with Crippen LogP contribution in [0.2, 0.25) is 0 Å². The Kier molecular flexibility index (Phi) is 5.00. The van der Waals surface area contributed by atoms with Crippen molar-refractivity contribution in [1.29, 1.82) is 0 Å². The number of fused-ring (bicyclic) bond motifs is 1. The average Bonchev–Trinajstić information content (AvgIpc) is 3.20. The third-order valence-corrected chi connectivity index (χ3v) is 4.44. The predicted octanol–water partition coefficient (Wildman–Crippen LogP) is 2.57. The molecule has 3 N–H and O–H groups in total. The molecule has 6 heteroatoms. The van der Waals surface area contributed by atoms with Gasteiger partial charge in [0.25, 0.3) is 6.47 Å². The lowest BCUT2D eigenvalue weighted by Crippen LogP contribution is -2.26. The molecule has 0 aliphatic carbocycles. The molecule has 2 heterocycles. The van der Waals surface area contributed by atoms with E-state index in [0.29, 0.717) is 0 Å². The normalized spacial score (nSPS) is 16.6. The maximum absolute atomic E-state index is 8.36. The summed E-state index contributed by atoms with van der Waals surface area (Å²) in [4.78, 5) is 10.7. The number of carbonyl (C=O) groups is 1. The van der Waals surface area contributed by atoms with Gasteiger partial charge in [0.2, 0.25) is 0 Å². The van der Waals surface area contributed by atoms with Gasteiger partial charge in [-0.3, -0.25) is 4.79 Å². The van der Waals surface area contributed by atoms with Crippen LogP contribution in [0.4, 0.5) is 5.69 Å². The van der Waals surface area contributed by atoms with Gasteiger partial charge in [-0.1, -0.05) is 18.2 Å². The molecule has 4 rings (SSSR count). The zero-order valence-corrected chi connectivity index (χ0v) is 14.2. The minimum atomic E-state index is -0.250. The number of para-hydroxylation sites is 1. The van der Waals surface area contributed by atoms with Gasteiger partial charge in [0.15, 0.2) is 0 Å². The van der Waals surface area contributed by atoms with Crippen molar-refractivity contribution in [3.05, 3.63) is 54.2 Å². The zero-order chi connectivity index (χ0) is 17.8. The fourth-order valence-corrected chi connectivity index (χ4v) is 3.24. The molecule has 1 fully saturated rings. The molecule has 1 saturated heterocycles. The third kappa shape index (κ3) is 3.49. The van der Waals surface area contributed by atoms with Crippen LogP contribution in [0.1, 0.15) is 12.1 Å². The summed E-state index contributed by atoms with van der Waals surface area (Å²) >= 11 is 0. The highest BCUT2D eigenvalue weighted by molar-refractivity contribution is 5.86. The van der Waals surface area contributed by atoms with Gasteiger partial charge in [-0.15, -0.1) is 0 Å². The van der Waals surface area contributed by atoms with E-state index >= 15 is 0 Å². The van der Waals surface area contributed by atoms with Crippen LogP contribution in [0, 0.1) is 6.92 Å². The van der Waals surface area contributed by atoms with E-state index in [4.69, 9.17) is 20.7 Å². The summed E-state index contributed by atoms with van der Waals surface area (Å²) in [5.41, 5.74) is 10.6. The largest absolute Gasteiger partial charge is 0.483 e. The molecule has 1 unspecified atom stereocenters. The number of aryl methyl sites for hydroxylation is 1. The van der Waals surface area contributed by atoms with E-state index in [1.165, 1.54) is 11.1 Å². The van der Waals surface area contributed by atoms with Crippen molar-refractivity contribution < 1.29 is 9.90 Å². The molecule has 0 amide bonds. The fourth-order valence-electron chi connectivity index (χ4n) is 3.24. The van der Waals surface area contributed by atoms with E-state index in [1.54, 1.807) is 0 Å². The molecular formula is C19H22N4O2. The van der Waals surface area contributed by atoms with Crippen molar-refractivity contribution in [2.75, 3.05) is 18.0 Å². The lowest BCUT2D eigenvalue weighted by atomic mass is 10.2. The minimum absolute atomic E-state index is 0.250. The zero-order valence-electron chi connectivity index (χ0n) is 14.2. The Morgan fingerprint density at radius 1 is 1.20 bits per heavy atom. The molecule has 0 bridgehead atoms. The van der Waals surface area contributed by atoms with Gasteiger partial charge in [-0.25, -0.2) is 4.68 Å². The Hall–Kier alpha value is -2.86. The predicted molar refractivity (Wildman–Crippen MR) is 99.3 cm³/mol. The van der Waals surface area contributed by atoms with Crippen LogP contribution in [-0.2, 0) is 4.79 Å². The number of nitrogens with zero attached hydrogens (tertiary/aromatic N) is 3. The van der Waals surface area contributed by atoms with E-state index in [2.05, 4.69) is 42.2 Å². The first-order chi connectivity index (χ1) is 12.1. The Balaban J connectivity index is 0.000000569. The molecule has 25 heavy (non-hydrogen) atoms. The van der Waals surface area contributed by atoms with E-state index in [0.717, 1.165) is 36.4 Å². The molecule has 1 aliphatic rings. The quantitative estimate of drug-likeness (QED) is 0.702. The summed E-state index contributed by atoms with van der Waals surface area (Å²) in [6.45, 7) is 3.78. The monoisotopic (exact) mass is 338 g/mol. The van der Waals surface area contributed by atoms with Crippen molar-refractivity contribution in [3.8, 4) is 5.69 Å². The molecule has 2 aromatic carbocycles. The number of nitrogens with two attached hydrogens (primary N) is 1. The van der Waals surface area contributed by atoms with Gasteiger partial charge >= 0.3 is 0 Å². The van der Waals surface area contributed by atoms with Gasteiger partial charge in [0, 0.05) is 30.2 Å². The van der Waals surface area contributed by atoms with Crippen LogP contribution in [-0.4, -0.2) is 40.5 Å². The lowest BCUT2D eigenvalue weighted by molar-refractivity contribution is -0.122. The first-order valence-corrected chi connectivity index (χ1v) is 8.27. The number of benzene rings is 2. The number of hydrogen-bond donors (Lipinski definition) is 2. The average molecular weight is 338 g/mol. The van der Waals surface area contributed by atoms with Crippen molar-refractivity contribution in [2.45, 2.75) is 19.4 Å². The molecule has 3 aromatic rings.